The summed E-state index contributed by atoms with van der Waals surface area (Å²) in [6.45, 7) is 1.27. The van der Waals surface area contributed by atoms with Gasteiger partial charge in [-0.15, -0.1) is 0 Å². The number of ether oxygens (including phenoxy) is 2. The highest BCUT2D eigenvalue weighted by Gasteiger charge is 2.23. The number of para-hydroxylation sites is 1. The predicted molar refractivity (Wildman–Crippen MR) is 87.7 cm³/mol. The van der Waals surface area contributed by atoms with E-state index in [1.54, 1.807) is 7.11 Å². The van der Waals surface area contributed by atoms with Gasteiger partial charge in [0.2, 0.25) is 0 Å². The lowest BCUT2D eigenvalue weighted by Gasteiger charge is -2.21. The van der Waals surface area contributed by atoms with Crippen LogP contribution in [0.3, 0.4) is 0 Å². The largest absolute Gasteiger partial charge is 0.494 e. The lowest BCUT2D eigenvalue weighted by Crippen LogP contribution is -2.15. The molecule has 3 heteroatoms. The van der Waals surface area contributed by atoms with Crippen molar-refractivity contribution in [3.8, 4) is 5.75 Å². The van der Waals surface area contributed by atoms with Crippen molar-refractivity contribution in [2.75, 3.05) is 7.11 Å². The first kappa shape index (κ1) is 13.0. The van der Waals surface area contributed by atoms with Crippen LogP contribution in [0.5, 0.6) is 5.75 Å². The molecule has 22 heavy (non-hydrogen) atoms. The molecular weight excluding hydrogens is 274 g/mol. The van der Waals surface area contributed by atoms with Gasteiger partial charge in [-0.25, -0.2) is 0 Å². The first-order valence-electron chi connectivity index (χ1n) is 7.39. The van der Waals surface area contributed by atoms with E-state index in [0.717, 1.165) is 34.7 Å². The monoisotopic (exact) mass is 291 g/mol. The molecule has 0 radical (unpaired) electrons. The van der Waals surface area contributed by atoms with E-state index in [0.29, 0.717) is 6.61 Å². The van der Waals surface area contributed by atoms with E-state index in [2.05, 4.69) is 41.0 Å². The van der Waals surface area contributed by atoms with Gasteiger partial charge in [-0.3, -0.25) is 0 Å². The highest BCUT2D eigenvalue weighted by molar-refractivity contribution is 5.89. The van der Waals surface area contributed by atoms with Crippen LogP contribution >= 0.6 is 0 Å². The molecule has 2 heterocycles. The molecule has 0 saturated heterocycles. The number of aromatic nitrogens is 1. The van der Waals surface area contributed by atoms with Crippen molar-refractivity contribution in [2.45, 2.75) is 13.2 Å². The van der Waals surface area contributed by atoms with Crippen LogP contribution < -0.4 is 4.74 Å². The molecule has 1 aromatic heterocycles. The van der Waals surface area contributed by atoms with Crippen LogP contribution in [0, 0.1) is 0 Å². The van der Waals surface area contributed by atoms with Crippen LogP contribution in [0.2, 0.25) is 0 Å². The molecule has 0 N–H and O–H groups in total. The van der Waals surface area contributed by atoms with Crippen LogP contribution in [0.15, 0.2) is 60.4 Å². The van der Waals surface area contributed by atoms with Gasteiger partial charge in [0.15, 0.2) is 5.75 Å². The average Bonchev–Trinajstić information content (AvgIpc) is 2.89. The second kappa shape index (κ2) is 5.26. The van der Waals surface area contributed by atoms with E-state index in [4.69, 9.17) is 9.47 Å². The van der Waals surface area contributed by atoms with Crippen molar-refractivity contribution < 1.29 is 9.47 Å². The molecule has 1 aliphatic heterocycles. The Balaban J connectivity index is 1.79. The van der Waals surface area contributed by atoms with E-state index in [-0.39, 0.29) is 0 Å². The molecule has 2 aromatic carbocycles. The number of rotatable bonds is 2. The molecule has 0 unspecified atom stereocenters. The minimum atomic E-state index is 0.538. The van der Waals surface area contributed by atoms with Gasteiger partial charge in [0.05, 0.1) is 24.9 Å². The maximum absolute atomic E-state index is 5.94. The van der Waals surface area contributed by atoms with E-state index in [1.165, 1.54) is 5.52 Å². The Bertz CT molecular complexity index is 847. The van der Waals surface area contributed by atoms with Crippen molar-refractivity contribution in [3.63, 3.8) is 0 Å². The molecular formula is C19H17NO2. The van der Waals surface area contributed by atoms with Crippen molar-refractivity contribution >= 4 is 17.0 Å². The second-order valence-corrected chi connectivity index (χ2v) is 5.39. The SMILES string of the molecule is COc1c2n(c3ccccc13)C/C(=C/c1ccccc1)OC2. The van der Waals surface area contributed by atoms with Crippen LogP contribution in [0.1, 0.15) is 11.3 Å². The summed E-state index contributed by atoms with van der Waals surface area (Å²) in [5.74, 6) is 1.90. The Morgan fingerprint density at radius 1 is 1.05 bits per heavy atom. The topological polar surface area (TPSA) is 23.4 Å². The van der Waals surface area contributed by atoms with Crippen LogP contribution in [-0.4, -0.2) is 11.7 Å². The number of hydrogen-bond acceptors (Lipinski definition) is 2. The summed E-state index contributed by atoms with van der Waals surface area (Å²) in [7, 11) is 1.72. The maximum Gasteiger partial charge on any atom is 0.151 e. The highest BCUT2D eigenvalue weighted by Crippen LogP contribution is 2.36. The van der Waals surface area contributed by atoms with Crippen molar-refractivity contribution in [3.05, 3.63) is 71.6 Å². The van der Waals surface area contributed by atoms with Gasteiger partial charge < -0.3 is 14.0 Å². The Morgan fingerprint density at radius 3 is 2.64 bits per heavy atom. The zero-order valence-corrected chi connectivity index (χ0v) is 12.5. The molecule has 0 amide bonds. The normalized spacial score (nSPS) is 15.6. The van der Waals surface area contributed by atoms with Crippen LogP contribution in [-0.2, 0) is 17.9 Å². The van der Waals surface area contributed by atoms with Crippen molar-refractivity contribution in [1.82, 2.24) is 4.57 Å². The van der Waals surface area contributed by atoms with Gasteiger partial charge in [0.1, 0.15) is 12.4 Å². The van der Waals surface area contributed by atoms with E-state index in [1.807, 2.05) is 24.3 Å². The van der Waals surface area contributed by atoms with Gasteiger partial charge in [-0.2, -0.15) is 0 Å². The fraction of sp³-hybridized carbons (Fsp3) is 0.158. The second-order valence-electron chi connectivity index (χ2n) is 5.39. The van der Waals surface area contributed by atoms with Crippen LogP contribution in [0.25, 0.3) is 17.0 Å². The predicted octanol–water partition coefficient (Wildman–Crippen LogP) is 4.22. The standard InChI is InChI=1S/C19H17NO2/c1-21-19-16-9-5-6-10-17(16)20-12-15(22-13-18(19)20)11-14-7-3-2-4-8-14/h2-11H,12-13H2,1H3/b15-11-. The minimum Gasteiger partial charge on any atom is -0.494 e. The summed E-state index contributed by atoms with van der Waals surface area (Å²) in [6.07, 6.45) is 2.10. The Kier molecular flexibility index (Phi) is 3.11. The average molecular weight is 291 g/mol. The van der Waals surface area contributed by atoms with Crippen LogP contribution in [0.4, 0.5) is 0 Å². The summed E-state index contributed by atoms with van der Waals surface area (Å²) in [5.41, 5.74) is 3.45. The zero-order chi connectivity index (χ0) is 14.9. The molecule has 0 saturated carbocycles. The van der Waals surface area contributed by atoms with Gasteiger partial charge in [-0.1, -0.05) is 42.5 Å². The molecule has 0 atom stereocenters. The fourth-order valence-electron chi connectivity index (χ4n) is 3.06. The molecule has 0 spiro atoms. The van der Waals surface area contributed by atoms with Gasteiger partial charge in [0.25, 0.3) is 0 Å². The molecule has 110 valence electrons. The summed E-state index contributed by atoms with van der Waals surface area (Å²) in [4.78, 5) is 0. The maximum atomic E-state index is 5.94. The first-order chi connectivity index (χ1) is 10.9. The molecule has 0 bridgehead atoms. The molecule has 3 aromatic rings. The lowest BCUT2D eigenvalue weighted by molar-refractivity contribution is 0.156. The highest BCUT2D eigenvalue weighted by atomic mass is 16.5. The molecule has 4 rings (SSSR count). The quantitative estimate of drug-likeness (QED) is 0.705. The van der Waals surface area contributed by atoms with Gasteiger partial charge >= 0.3 is 0 Å². The smallest absolute Gasteiger partial charge is 0.151 e. The lowest BCUT2D eigenvalue weighted by atomic mass is 10.2. The summed E-state index contributed by atoms with van der Waals surface area (Å²) in [6, 6.07) is 18.6. The molecule has 0 fully saturated rings. The summed E-state index contributed by atoms with van der Waals surface area (Å²) < 4.78 is 13.8. The minimum absolute atomic E-state index is 0.538. The van der Waals surface area contributed by atoms with Crippen molar-refractivity contribution in [2.24, 2.45) is 0 Å². The summed E-state index contributed by atoms with van der Waals surface area (Å²) in [5, 5.41) is 1.14. The third kappa shape index (κ3) is 2.06. The van der Waals surface area contributed by atoms with E-state index >= 15 is 0 Å². The third-order valence-electron chi connectivity index (χ3n) is 4.07. The Morgan fingerprint density at radius 2 is 1.82 bits per heavy atom. The third-order valence-corrected chi connectivity index (χ3v) is 4.07. The zero-order valence-electron chi connectivity index (χ0n) is 12.5. The number of hydrogen-bond donors (Lipinski definition) is 0. The molecule has 1 aliphatic rings. The fourth-order valence-corrected chi connectivity index (χ4v) is 3.06. The molecule has 3 nitrogen and oxygen atoms in total. The molecule has 0 aliphatic carbocycles. The Hall–Kier alpha value is -2.68. The summed E-state index contributed by atoms with van der Waals surface area (Å²) >= 11 is 0. The first-order valence-corrected chi connectivity index (χ1v) is 7.39. The van der Waals surface area contributed by atoms with E-state index in [9.17, 15) is 0 Å². The van der Waals surface area contributed by atoms with Crippen molar-refractivity contribution in [1.29, 1.82) is 0 Å². The Labute approximate surface area is 129 Å². The van der Waals surface area contributed by atoms with Gasteiger partial charge in [0, 0.05) is 5.39 Å². The van der Waals surface area contributed by atoms with Gasteiger partial charge in [-0.05, 0) is 23.8 Å². The number of methoxy groups -OCH3 is 1. The number of fused-ring (bicyclic) bond motifs is 3. The number of nitrogens with zero attached hydrogens (tertiary/aromatic N) is 1. The number of allylic oxidation sites excluding steroid dienone is 1. The van der Waals surface area contributed by atoms with E-state index < -0.39 is 0 Å². The number of benzene rings is 2.